The lowest BCUT2D eigenvalue weighted by atomic mass is 10.0. The van der Waals surface area contributed by atoms with Gasteiger partial charge in [0.2, 0.25) is 0 Å². The summed E-state index contributed by atoms with van der Waals surface area (Å²) < 4.78 is 1.64. The van der Waals surface area contributed by atoms with Crippen LogP contribution >= 0.6 is 0 Å². The molecule has 1 aromatic heterocycles. The minimum atomic E-state index is 0.00806. The molecule has 0 unspecified atom stereocenters. The summed E-state index contributed by atoms with van der Waals surface area (Å²) in [5, 5.41) is 4.11. The molecule has 4 nitrogen and oxygen atoms in total. The first kappa shape index (κ1) is 10.8. The monoisotopic (exact) mass is 195 g/mol. The lowest BCUT2D eigenvalue weighted by molar-refractivity contribution is 0.0815. The van der Waals surface area contributed by atoms with Gasteiger partial charge in [0.1, 0.15) is 5.69 Å². The molecule has 0 aliphatic heterocycles. The van der Waals surface area contributed by atoms with E-state index in [1.54, 1.807) is 36.9 Å². The molecule has 0 bridgehead atoms. The third-order valence-electron chi connectivity index (χ3n) is 2.20. The summed E-state index contributed by atoms with van der Waals surface area (Å²) in [4.78, 5) is 13.4. The summed E-state index contributed by atoms with van der Waals surface area (Å²) in [5.41, 5.74) is 1.69. The maximum atomic E-state index is 11.8. The second-order valence-corrected chi connectivity index (χ2v) is 3.93. The molecule has 0 radical (unpaired) electrons. The van der Waals surface area contributed by atoms with Crippen molar-refractivity contribution in [3.05, 3.63) is 17.5 Å². The van der Waals surface area contributed by atoms with Crippen LogP contribution in [0.5, 0.6) is 0 Å². The van der Waals surface area contributed by atoms with Gasteiger partial charge in [0.25, 0.3) is 5.91 Å². The van der Waals surface area contributed by atoms with Gasteiger partial charge in [-0.3, -0.25) is 9.48 Å². The predicted octanol–water partition coefficient (Wildman–Crippen LogP) is 1.25. The van der Waals surface area contributed by atoms with Crippen molar-refractivity contribution in [3.63, 3.8) is 0 Å². The zero-order chi connectivity index (χ0) is 10.9. The summed E-state index contributed by atoms with van der Waals surface area (Å²) in [6, 6.07) is 0. The zero-order valence-corrected chi connectivity index (χ0v) is 9.40. The molecule has 0 aliphatic rings. The highest BCUT2D eigenvalue weighted by Gasteiger charge is 2.19. The summed E-state index contributed by atoms with van der Waals surface area (Å²) in [6.07, 6.45) is 1.77. The molecule has 78 valence electrons. The third kappa shape index (κ3) is 1.78. The standard InChI is InChI=1S/C10H17N3O/c1-7(2)8-6-11-13(5)9(8)10(14)12(3)4/h6-7H,1-5H3. The Morgan fingerprint density at radius 3 is 2.50 bits per heavy atom. The van der Waals surface area contributed by atoms with Crippen molar-refractivity contribution in [1.29, 1.82) is 0 Å². The van der Waals surface area contributed by atoms with Crippen molar-refractivity contribution in [2.45, 2.75) is 19.8 Å². The van der Waals surface area contributed by atoms with Gasteiger partial charge in [-0.15, -0.1) is 0 Å². The van der Waals surface area contributed by atoms with Gasteiger partial charge in [-0.05, 0) is 5.92 Å². The number of nitrogens with zero attached hydrogens (tertiary/aromatic N) is 3. The molecule has 0 atom stereocenters. The highest BCUT2D eigenvalue weighted by atomic mass is 16.2. The van der Waals surface area contributed by atoms with Crippen LogP contribution in [0.3, 0.4) is 0 Å². The van der Waals surface area contributed by atoms with Gasteiger partial charge >= 0.3 is 0 Å². The SMILES string of the molecule is CC(C)c1cnn(C)c1C(=O)N(C)C. The largest absolute Gasteiger partial charge is 0.343 e. The van der Waals surface area contributed by atoms with E-state index in [1.165, 1.54) is 0 Å². The van der Waals surface area contributed by atoms with Crippen LogP contribution in [0.25, 0.3) is 0 Å². The molecule has 1 rings (SSSR count). The van der Waals surface area contributed by atoms with E-state index in [2.05, 4.69) is 18.9 Å². The minimum absolute atomic E-state index is 0.00806. The Kier molecular flexibility index (Phi) is 2.93. The van der Waals surface area contributed by atoms with Crippen LogP contribution in [0.2, 0.25) is 0 Å². The molecule has 1 aromatic rings. The lowest BCUT2D eigenvalue weighted by Gasteiger charge is -2.13. The number of carbonyl (C=O) groups is 1. The average molecular weight is 195 g/mol. The number of hydrogen-bond acceptors (Lipinski definition) is 2. The minimum Gasteiger partial charge on any atom is -0.343 e. The van der Waals surface area contributed by atoms with E-state index >= 15 is 0 Å². The number of rotatable bonds is 2. The van der Waals surface area contributed by atoms with Crippen molar-refractivity contribution in [3.8, 4) is 0 Å². The molecule has 14 heavy (non-hydrogen) atoms. The van der Waals surface area contributed by atoms with E-state index in [0.29, 0.717) is 11.6 Å². The van der Waals surface area contributed by atoms with E-state index in [1.807, 2.05) is 0 Å². The van der Waals surface area contributed by atoms with Gasteiger partial charge in [0.05, 0.1) is 6.20 Å². The van der Waals surface area contributed by atoms with Gasteiger partial charge in [-0.25, -0.2) is 0 Å². The quantitative estimate of drug-likeness (QED) is 0.712. The smallest absolute Gasteiger partial charge is 0.271 e. The van der Waals surface area contributed by atoms with E-state index < -0.39 is 0 Å². The topological polar surface area (TPSA) is 38.1 Å². The van der Waals surface area contributed by atoms with Crippen molar-refractivity contribution >= 4 is 5.91 Å². The van der Waals surface area contributed by atoms with Gasteiger partial charge in [-0.2, -0.15) is 5.10 Å². The number of carbonyl (C=O) groups excluding carboxylic acids is 1. The van der Waals surface area contributed by atoms with E-state index in [4.69, 9.17) is 0 Å². The van der Waals surface area contributed by atoms with Crippen LogP contribution in [0.4, 0.5) is 0 Å². The van der Waals surface area contributed by atoms with Crippen LogP contribution in [0.15, 0.2) is 6.20 Å². The molecule has 0 N–H and O–H groups in total. The Bertz CT molecular complexity index is 339. The molecule has 0 aliphatic carbocycles. The summed E-state index contributed by atoms with van der Waals surface area (Å²) in [7, 11) is 5.29. The molecule has 1 amide bonds. The Morgan fingerprint density at radius 1 is 1.50 bits per heavy atom. The second-order valence-electron chi connectivity index (χ2n) is 3.93. The Labute approximate surface area is 84.5 Å². The summed E-state index contributed by atoms with van der Waals surface area (Å²) >= 11 is 0. The van der Waals surface area contributed by atoms with E-state index in [9.17, 15) is 4.79 Å². The Morgan fingerprint density at radius 2 is 2.07 bits per heavy atom. The first-order chi connectivity index (χ1) is 6.45. The summed E-state index contributed by atoms with van der Waals surface area (Å²) in [5.74, 6) is 0.330. The number of aryl methyl sites for hydroxylation is 1. The van der Waals surface area contributed by atoms with Crippen LogP contribution in [0, 0.1) is 0 Å². The summed E-state index contributed by atoms with van der Waals surface area (Å²) in [6.45, 7) is 4.12. The highest BCUT2D eigenvalue weighted by molar-refractivity contribution is 5.93. The van der Waals surface area contributed by atoms with Crippen LogP contribution in [-0.2, 0) is 7.05 Å². The lowest BCUT2D eigenvalue weighted by Crippen LogP contribution is -2.25. The number of amides is 1. The Balaban J connectivity index is 3.17. The van der Waals surface area contributed by atoms with Gasteiger partial charge in [0.15, 0.2) is 0 Å². The van der Waals surface area contributed by atoms with Crippen molar-refractivity contribution < 1.29 is 4.79 Å². The molecular weight excluding hydrogens is 178 g/mol. The van der Waals surface area contributed by atoms with E-state index in [0.717, 1.165) is 5.56 Å². The fraction of sp³-hybridized carbons (Fsp3) is 0.600. The van der Waals surface area contributed by atoms with Gasteiger partial charge in [-0.1, -0.05) is 13.8 Å². The van der Waals surface area contributed by atoms with Crippen LogP contribution < -0.4 is 0 Å². The van der Waals surface area contributed by atoms with Gasteiger partial charge in [0, 0.05) is 26.7 Å². The first-order valence-corrected chi connectivity index (χ1v) is 4.68. The van der Waals surface area contributed by atoms with Crippen molar-refractivity contribution in [1.82, 2.24) is 14.7 Å². The maximum Gasteiger partial charge on any atom is 0.271 e. The number of aromatic nitrogens is 2. The fourth-order valence-corrected chi connectivity index (χ4v) is 1.35. The zero-order valence-electron chi connectivity index (χ0n) is 9.40. The first-order valence-electron chi connectivity index (χ1n) is 4.68. The van der Waals surface area contributed by atoms with Crippen molar-refractivity contribution in [2.24, 2.45) is 7.05 Å². The second kappa shape index (κ2) is 3.82. The van der Waals surface area contributed by atoms with Crippen LogP contribution in [-0.4, -0.2) is 34.7 Å². The fourth-order valence-electron chi connectivity index (χ4n) is 1.35. The molecule has 0 fully saturated rings. The molecule has 0 aromatic carbocycles. The highest BCUT2D eigenvalue weighted by Crippen LogP contribution is 2.19. The molecule has 0 saturated carbocycles. The molecule has 4 heteroatoms. The molecule has 0 spiro atoms. The van der Waals surface area contributed by atoms with Gasteiger partial charge < -0.3 is 4.90 Å². The van der Waals surface area contributed by atoms with Crippen molar-refractivity contribution in [2.75, 3.05) is 14.1 Å². The molecular formula is C10H17N3O. The van der Waals surface area contributed by atoms with Crippen LogP contribution in [0.1, 0.15) is 35.8 Å². The average Bonchev–Trinajstić information content (AvgIpc) is 2.45. The number of hydrogen-bond donors (Lipinski definition) is 0. The van der Waals surface area contributed by atoms with E-state index in [-0.39, 0.29) is 5.91 Å². The maximum absolute atomic E-state index is 11.8. The Hall–Kier alpha value is -1.32. The molecule has 0 saturated heterocycles. The third-order valence-corrected chi connectivity index (χ3v) is 2.20. The normalized spacial score (nSPS) is 10.7. The predicted molar refractivity (Wildman–Crippen MR) is 55.3 cm³/mol. The molecule has 1 heterocycles.